The van der Waals surface area contributed by atoms with Crippen molar-refractivity contribution in [3.63, 3.8) is 0 Å². The van der Waals surface area contributed by atoms with E-state index in [0.717, 1.165) is 0 Å². The molecule has 0 radical (unpaired) electrons. The Morgan fingerprint density at radius 2 is 2.29 bits per heavy atom. The highest BCUT2D eigenvalue weighted by atomic mass is 16.6. The van der Waals surface area contributed by atoms with E-state index in [4.69, 9.17) is 5.73 Å². The third kappa shape index (κ3) is 3.15. The summed E-state index contributed by atoms with van der Waals surface area (Å²) in [6.45, 7) is 0.847. The number of nitro groups is 1. The highest BCUT2D eigenvalue weighted by Gasteiger charge is 2.16. The van der Waals surface area contributed by atoms with Crippen molar-refractivity contribution in [1.82, 2.24) is 0 Å². The molecule has 0 fully saturated rings. The molecule has 0 bridgehead atoms. The number of nitrogens with zero attached hydrogens (tertiary/aromatic N) is 1. The molecule has 0 saturated carbocycles. The van der Waals surface area contributed by atoms with Crippen LogP contribution in [0.4, 0.5) is 11.4 Å². The minimum absolute atomic E-state index is 0.121. The number of methoxy groups -OCH3 is 1. The Labute approximate surface area is 97.7 Å². The number of benzene rings is 1. The van der Waals surface area contributed by atoms with Crippen molar-refractivity contribution in [1.29, 1.82) is 0 Å². The van der Waals surface area contributed by atoms with Gasteiger partial charge in [0, 0.05) is 30.9 Å². The molecule has 7 heteroatoms. The van der Waals surface area contributed by atoms with Gasteiger partial charge in [0.05, 0.1) is 17.6 Å². The SMILES string of the molecule is COC(=O)c1cc([N+](=O)[O-])ccc1NCCN. The van der Waals surface area contributed by atoms with Crippen molar-refractivity contribution in [2.24, 2.45) is 5.73 Å². The molecule has 0 atom stereocenters. The average Bonchev–Trinajstić information content (AvgIpc) is 2.35. The number of ether oxygens (including phenoxy) is 1. The molecule has 0 saturated heterocycles. The van der Waals surface area contributed by atoms with Crippen molar-refractivity contribution in [3.05, 3.63) is 33.9 Å². The molecule has 0 amide bonds. The van der Waals surface area contributed by atoms with Gasteiger partial charge < -0.3 is 15.8 Å². The van der Waals surface area contributed by atoms with Gasteiger partial charge in [0.1, 0.15) is 0 Å². The van der Waals surface area contributed by atoms with Crippen molar-refractivity contribution in [2.45, 2.75) is 0 Å². The first kappa shape index (κ1) is 12.9. The molecule has 1 aromatic rings. The Morgan fingerprint density at radius 3 is 2.82 bits per heavy atom. The molecule has 0 aliphatic rings. The van der Waals surface area contributed by atoms with Crippen molar-refractivity contribution >= 4 is 17.3 Å². The van der Waals surface area contributed by atoms with Gasteiger partial charge >= 0.3 is 5.97 Å². The largest absolute Gasteiger partial charge is 0.465 e. The first-order valence-corrected chi connectivity index (χ1v) is 4.91. The normalized spacial score (nSPS) is 9.76. The summed E-state index contributed by atoms with van der Waals surface area (Å²) >= 11 is 0. The molecule has 17 heavy (non-hydrogen) atoms. The molecular weight excluding hydrogens is 226 g/mol. The van der Waals surface area contributed by atoms with Crippen LogP contribution in [0.3, 0.4) is 0 Å². The van der Waals surface area contributed by atoms with E-state index >= 15 is 0 Å². The smallest absolute Gasteiger partial charge is 0.340 e. The van der Waals surface area contributed by atoms with E-state index in [2.05, 4.69) is 10.1 Å². The minimum Gasteiger partial charge on any atom is -0.465 e. The van der Waals surface area contributed by atoms with E-state index in [1.807, 2.05) is 0 Å². The van der Waals surface area contributed by atoms with Gasteiger partial charge in [-0.15, -0.1) is 0 Å². The summed E-state index contributed by atoms with van der Waals surface area (Å²) in [5, 5.41) is 13.5. The van der Waals surface area contributed by atoms with Crippen LogP contribution in [0.15, 0.2) is 18.2 Å². The summed E-state index contributed by atoms with van der Waals surface area (Å²) in [5.41, 5.74) is 5.75. The van der Waals surface area contributed by atoms with Gasteiger partial charge in [-0.05, 0) is 6.07 Å². The number of hydrogen-bond acceptors (Lipinski definition) is 6. The molecule has 0 unspecified atom stereocenters. The molecule has 0 aliphatic carbocycles. The number of hydrogen-bond donors (Lipinski definition) is 2. The van der Waals surface area contributed by atoms with Crippen LogP contribution in [-0.4, -0.2) is 31.1 Å². The topological polar surface area (TPSA) is 107 Å². The van der Waals surface area contributed by atoms with E-state index in [9.17, 15) is 14.9 Å². The van der Waals surface area contributed by atoms with Gasteiger partial charge in [-0.25, -0.2) is 4.79 Å². The highest BCUT2D eigenvalue weighted by Crippen LogP contribution is 2.22. The number of esters is 1. The lowest BCUT2D eigenvalue weighted by Crippen LogP contribution is -2.15. The van der Waals surface area contributed by atoms with Crippen LogP contribution in [0.5, 0.6) is 0 Å². The fraction of sp³-hybridized carbons (Fsp3) is 0.300. The number of nitrogens with one attached hydrogen (secondary N) is 1. The van der Waals surface area contributed by atoms with Crippen LogP contribution in [0.25, 0.3) is 0 Å². The Hall–Kier alpha value is -2.15. The van der Waals surface area contributed by atoms with Crippen LogP contribution in [0, 0.1) is 10.1 Å². The van der Waals surface area contributed by atoms with Gasteiger partial charge in [0.25, 0.3) is 5.69 Å². The summed E-state index contributed by atoms with van der Waals surface area (Å²) in [6.07, 6.45) is 0. The second-order valence-corrected chi connectivity index (χ2v) is 3.19. The maximum absolute atomic E-state index is 11.5. The van der Waals surface area contributed by atoms with E-state index < -0.39 is 10.9 Å². The quantitative estimate of drug-likeness (QED) is 0.446. The van der Waals surface area contributed by atoms with Gasteiger partial charge in [0.2, 0.25) is 0 Å². The van der Waals surface area contributed by atoms with Crippen molar-refractivity contribution in [2.75, 3.05) is 25.5 Å². The minimum atomic E-state index is -0.631. The molecule has 0 spiro atoms. The van der Waals surface area contributed by atoms with E-state index in [1.165, 1.54) is 25.3 Å². The second-order valence-electron chi connectivity index (χ2n) is 3.19. The Kier molecular flexibility index (Phi) is 4.41. The number of nitrogens with two attached hydrogens (primary N) is 1. The molecule has 0 aromatic heterocycles. The summed E-state index contributed by atoms with van der Waals surface area (Å²) in [5.74, 6) is -0.631. The average molecular weight is 239 g/mol. The lowest BCUT2D eigenvalue weighted by atomic mass is 10.1. The van der Waals surface area contributed by atoms with Crippen molar-refractivity contribution < 1.29 is 14.5 Å². The summed E-state index contributed by atoms with van der Waals surface area (Å²) in [4.78, 5) is 21.5. The summed E-state index contributed by atoms with van der Waals surface area (Å²) in [6, 6.07) is 3.94. The zero-order chi connectivity index (χ0) is 12.8. The number of carbonyl (C=O) groups excluding carboxylic acids is 1. The van der Waals surface area contributed by atoms with Crippen LogP contribution >= 0.6 is 0 Å². The number of carbonyl (C=O) groups is 1. The third-order valence-electron chi connectivity index (χ3n) is 2.08. The van der Waals surface area contributed by atoms with E-state index in [1.54, 1.807) is 0 Å². The van der Waals surface area contributed by atoms with Crippen LogP contribution < -0.4 is 11.1 Å². The number of anilines is 1. The van der Waals surface area contributed by atoms with E-state index in [-0.39, 0.29) is 11.3 Å². The molecule has 3 N–H and O–H groups in total. The number of rotatable bonds is 5. The van der Waals surface area contributed by atoms with Gasteiger partial charge in [-0.3, -0.25) is 10.1 Å². The zero-order valence-corrected chi connectivity index (χ0v) is 9.30. The Morgan fingerprint density at radius 1 is 1.59 bits per heavy atom. The summed E-state index contributed by atoms with van der Waals surface area (Å²) in [7, 11) is 1.22. The third-order valence-corrected chi connectivity index (χ3v) is 2.08. The lowest BCUT2D eigenvalue weighted by Gasteiger charge is -2.09. The van der Waals surface area contributed by atoms with E-state index in [0.29, 0.717) is 18.8 Å². The van der Waals surface area contributed by atoms with Gasteiger partial charge in [0.15, 0.2) is 0 Å². The predicted molar refractivity (Wildman–Crippen MR) is 62.0 cm³/mol. The maximum Gasteiger partial charge on any atom is 0.340 e. The molecular formula is C10H13N3O4. The van der Waals surface area contributed by atoms with Gasteiger partial charge in [-0.1, -0.05) is 0 Å². The van der Waals surface area contributed by atoms with Crippen LogP contribution in [0.1, 0.15) is 10.4 Å². The summed E-state index contributed by atoms with van der Waals surface area (Å²) < 4.78 is 4.56. The van der Waals surface area contributed by atoms with Crippen molar-refractivity contribution in [3.8, 4) is 0 Å². The van der Waals surface area contributed by atoms with Crippen LogP contribution in [0.2, 0.25) is 0 Å². The van der Waals surface area contributed by atoms with Crippen LogP contribution in [-0.2, 0) is 4.74 Å². The molecule has 0 heterocycles. The Balaban J connectivity index is 3.12. The fourth-order valence-corrected chi connectivity index (χ4v) is 1.29. The molecule has 92 valence electrons. The molecule has 7 nitrogen and oxygen atoms in total. The maximum atomic E-state index is 11.5. The fourth-order valence-electron chi connectivity index (χ4n) is 1.29. The first-order chi connectivity index (χ1) is 8.10. The molecule has 0 aliphatic heterocycles. The van der Waals surface area contributed by atoms with Gasteiger partial charge in [-0.2, -0.15) is 0 Å². The number of non-ortho nitro benzene ring substituents is 1. The molecule has 1 aromatic carbocycles. The Bertz CT molecular complexity index is 434. The monoisotopic (exact) mass is 239 g/mol. The lowest BCUT2D eigenvalue weighted by molar-refractivity contribution is -0.384. The second kappa shape index (κ2) is 5.80. The first-order valence-electron chi connectivity index (χ1n) is 4.91. The highest BCUT2D eigenvalue weighted by molar-refractivity contribution is 5.96. The molecule has 1 rings (SSSR count). The zero-order valence-electron chi connectivity index (χ0n) is 9.30. The number of nitro benzene ring substituents is 1. The standard InChI is InChI=1S/C10H13N3O4/c1-17-10(14)8-6-7(13(15)16)2-3-9(8)12-5-4-11/h2-3,6,12H,4-5,11H2,1H3. The predicted octanol–water partition coefficient (Wildman–Crippen LogP) is 0.752.